The third kappa shape index (κ3) is 4.87. The number of carbonyl (C=O) groups is 1. The van der Waals surface area contributed by atoms with Gasteiger partial charge >= 0.3 is 5.97 Å². The maximum atomic E-state index is 12.7. The van der Waals surface area contributed by atoms with Gasteiger partial charge in [0.1, 0.15) is 5.69 Å². The molecule has 0 N–H and O–H groups in total. The molecule has 7 heteroatoms. The Morgan fingerprint density at radius 2 is 1.62 bits per heavy atom. The van der Waals surface area contributed by atoms with E-state index in [2.05, 4.69) is 40.1 Å². The monoisotopic (exact) mass is 429 g/mol. The summed E-state index contributed by atoms with van der Waals surface area (Å²) < 4.78 is 5.34. The van der Waals surface area contributed by atoms with Gasteiger partial charge < -0.3 is 9.64 Å². The number of rotatable bonds is 6. The number of hydrogen-bond acceptors (Lipinski definition) is 7. The molecule has 2 aromatic carbocycles. The lowest BCUT2D eigenvalue weighted by Gasteiger charge is -2.36. The van der Waals surface area contributed by atoms with Crippen LogP contribution in [0.25, 0.3) is 11.0 Å². The minimum absolute atomic E-state index is 0.309. The SMILES string of the molecule is CC(C)OC(=O)[C@H](C#N)c1nc2ccccc2nc1N1CCN(Cc2ccccc2)CC1. The number of fused-ring (bicyclic) bond motifs is 1. The average Bonchev–Trinajstić information content (AvgIpc) is 2.80. The van der Waals surface area contributed by atoms with E-state index in [9.17, 15) is 10.1 Å². The average molecular weight is 430 g/mol. The summed E-state index contributed by atoms with van der Waals surface area (Å²) in [4.78, 5) is 26.7. The largest absolute Gasteiger partial charge is 0.462 e. The Bertz CT molecular complexity index is 1120. The predicted molar refractivity (Wildman–Crippen MR) is 123 cm³/mol. The molecule has 32 heavy (non-hydrogen) atoms. The summed E-state index contributed by atoms with van der Waals surface area (Å²) in [6.45, 7) is 7.63. The molecule has 0 radical (unpaired) electrons. The third-order valence-electron chi connectivity index (χ3n) is 5.49. The van der Waals surface area contributed by atoms with Crippen molar-refractivity contribution in [3.63, 3.8) is 0 Å². The van der Waals surface area contributed by atoms with Crippen molar-refractivity contribution in [2.45, 2.75) is 32.4 Å². The second-order valence-electron chi connectivity index (χ2n) is 8.22. The van der Waals surface area contributed by atoms with E-state index in [0.717, 1.165) is 38.2 Å². The Kier molecular flexibility index (Phi) is 6.62. The van der Waals surface area contributed by atoms with Gasteiger partial charge in [-0.05, 0) is 31.5 Å². The van der Waals surface area contributed by atoms with Crippen LogP contribution in [0.2, 0.25) is 0 Å². The first kappa shape index (κ1) is 21.7. The Balaban J connectivity index is 1.60. The molecule has 0 spiro atoms. The molecule has 2 heterocycles. The van der Waals surface area contributed by atoms with E-state index in [-0.39, 0.29) is 6.10 Å². The molecule has 1 aliphatic rings. The van der Waals surface area contributed by atoms with Gasteiger partial charge in [-0.15, -0.1) is 0 Å². The van der Waals surface area contributed by atoms with Crippen molar-refractivity contribution in [1.29, 1.82) is 5.26 Å². The highest BCUT2D eigenvalue weighted by Gasteiger charge is 2.31. The van der Waals surface area contributed by atoms with E-state index >= 15 is 0 Å². The Morgan fingerprint density at radius 1 is 1.00 bits per heavy atom. The topological polar surface area (TPSA) is 82.3 Å². The van der Waals surface area contributed by atoms with E-state index in [4.69, 9.17) is 14.7 Å². The maximum absolute atomic E-state index is 12.7. The van der Waals surface area contributed by atoms with Gasteiger partial charge in [0, 0.05) is 32.7 Å². The highest BCUT2D eigenvalue weighted by Crippen LogP contribution is 2.29. The van der Waals surface area contributed by atoms with Crippen molar-refractivity contribution in [3.05, 3.63) is 65.9 Å². The summed E-state index contributed by atoms with van der Waals surface area (Å²) in [6, 6.07) is 20.0. The van der Waals surface area contributed by atoms with Crippen LogP contribution in [0, 0.1) is 11.3 Å². The molecule has 1 aliphatic heterocycles. The number of hydrogen-bond donors (Lipinski definition) is 0. The zero-order valence-electron chi connectivity index (χ0n) is 18.4. The maximum Gasteiger partial charge on any atom is 0.329 e. The zero-order chi connectivity index (χ0) is 22.5. The molecule has 1 aromatic heterocycles. The molecule has 0 unspecified atom stereocenters. The first-order chi connectivity index (χ1) is 15.5. The number of aromatic nitrogens is 2. The first-order valence-electron chi connectivity index (χ1n) is 10.9. The van der Waals surface area contributed by atoms with Crippen LogP contribution in [-0.2, 0) is 16.1 Å². The lowest BCUT2D eigenvalue weighted by atomic mass is 10.1. The fraction of sp³-hybridized carbons (Fsp3) is 0.360. The molecule has 0 saturated carbocycles. The normalized spacial score (nSPS) is 15.5. The summed E-state index contributed by atoms with van der Waals surface area (Å²) >= 11 is 0. The van der Waals surface area contributed by atoms with E-state index in [1.165, 1.54) is 5.56 Å². The van der Waals surface area contributed by atoms with Crippen LogP contribution in [0.15, 0.2) is 54.6 Å². The fourth-order valence-corrected chi connectivity index (χ4v) is 3.92. The van der Waals surface area contributed by atoms with Gasteiger partial charge in [0.25, 0.3) is 0 Å². The number of para-hydroxylation sites is 2. The molecular formula is C25H27N5O2. The minimum Gasteiger partial charge on any atom is -0.462 e. The second-order valence-corrected chi connectivity index (χ2v) is 8.22. The summed E-state index contributed by atoms with van der Waals surface area (Å²) in [6.07, 6.45) is -0.309. The van der Waals surface area contributed by atoms with E-state index in [0.29, 0.717) is 17.0 Å². The van der Waals surface area contributed by atoms with Crippen molar-refractivity contribution in [1.82, 2.24) is 14.9 Å². The van der Waals surface area contributed by atoms with Crippen LogP contribution in [0.3, 0.4) is 0 Å². The van der Waals surface area contributed by atoms with E-state index in [1.54, 1.807) is 13.8 Å². The summed E-state index contributed by atoms with van der Waals surface area (Å²) in [5.41, 5.74) is 3.06. The standard InChI is InChI=1S/C25H27N5O2/c1-18(2)32-25(31)20(16-26)23-24(28-22-11-7-6-10-21(22)27-23)30-14-12-29(13-15-30)17-19-8-4-3-5-9-19/h3-11,18,20H,12-15,17H2,1-2H3/t20-/m1/s1. The highest BCUT2D eigenvalue weighted by atomic mass is 16.5. The molecule has 7 nitrogen and oxygen atoms in total. The third-order valence-corrected chi connectivity index (χ3v) is 5.49. The number of benzene rings is 2. The van der Waals surface area contributed by atoms with Crippen LogP contribution < -0.4 is 4.90 Å². The van der Waals surface area contributed by atoms with Crippen LogP contribution >= 0.6 is 0 Å². The van der Waals surface area contributed by atoms with Crippen LogP contribution in [0.5, 0.6) is 0 Å². The van der Waals surface area contributed by atoms with Crippen LogP contribution in [0.1, 0.15) is 31.0 Å². The Morgan fingerprint density at radius 3 is 2.25 bits per heavy atom. The van der Waals surface area contributed by atoms with Crippen molar-refractivity contribution in [3.8, 4) is 6.07 Å². The fourth-order valence-electron chi connectivity index (χ4n) is 3.92. The number of esters is 1. The Hall–Kier alpha value is -3.50. The van der Waals surface area contributed by atoms with Crippen LogP contribution in [0.4, 0.5) is 5.82 Å². The van der Waals surface area contributed by atoms with E-state index in [1.807, 2.05) is 30.3 Å². The number of anilines is 1. The number of carbonyl (C=O) groups excluding carboxylic acids is 1. The molecule has 3 aromatic rings. The molecule has 1 fully saturated rings. The van der Waals surface area contributed by atoms with Gasteiger partial charge in [0.2, 0.25) is 0 Å². The predicted octanol–water partition coefficient (Wildman–Crippen LogP) is 3.51. The van der Waals surface area contributed by atoms with Crippen molar-refractivity contribution >= 4 is 22.8 Å². The second kappa shape index (κ2) is 9.75. The molecule has 1 saturated heterocycles. The van der Waals surface area contributed by atoms with Crippen molar-refractivity contribution < 1.29 is 9.53 Å². The van der Waals surface area contributed by atoms with E-state index < -0.39 is 11.9 Å². The van der Waals surface area contributed by atoms with Gasteiger partial charge in [-0.3, -0.25) is 9.69 Å². The van der Waals surface area contributed by atoms with Gasteiger partial charge in [-0.2, -0.15) is 5.26 Å². The number of ether oxygens (including phenoxy) is 1. The molecule has 0 amide bonds. The lowest BCUT2D eigenvalue weighted by molar-refractivity contribution is -0.147. The van der Waals surface area contributed by atoms with Crippen LogP contribution in [-0.4, -0.2) is 53.1 Å². The quantitative estimate of drug-likeness (QED) is 0.555. The van der Waals surface area contributed by atoms with Gasteiger partial charge in [0.15, 0.2) is 11.7 Å². The Labute approximate surface area is 188 Å². The van der Waals surface area contributed by atoms with Crippen molar-refractivity contribution in [2.24, 2.45) is 0 Å². The molecular weight excluding hydrogens is 402 g/mol. The van der Waals surface area contributed by atoms with Gasteiger partial charge in [-0.1, -0.05) is 42.5 Å². The number of nitrogens with zero attached hydrogens (tertiary/aromatic N) is 5. The molecule has 1 atom stereocenters. The summed E-state index contributed by atoms with van der Waals surface area (Å²) in [5.74, 6) is -1.11. The highest BCUT2D eigenvalue weighted by molar-refractivity contribution is 5.85. The van der Waals surface area contributed by atoms with Gasteiger partial charge in [0.05, 0.1) is 23.2 Å². The smallest absolute Gasteiger partial charge is 0.329 e. The number of piperazine rings is 1. The summed E-state index contributed by atoms with van der Waals surface area (Å²) in [7, 11) is 0. The molecule has 4 rings (SSSR count). The van der Waals surface area contributed by atoms with Gasteiger partial charge in [-0.25, -0.2) is 9.97 Å². The summed E-state index contributed by atoms with van der Waals surface area (Å²) in [5, 5.41) is 9.82. The number of nitriles is 1. The molecule has 0 bridgehead atoms. The molecule has 164 valence electrons. The minimum atomic E-state index is -1.12. The zero-order valence-corrected chi connectivity index (χ0v) is 18.4. The lowest BCUT2D eigenvalue weighted by Crippen LogP contribution is -2.46. The van der Waals surface area contributed by atoms with Crippen molar-refractivity contribution in [2.75, 3.05) is 31.1 Å². The molecule has 0 aliphatic carbocycles. The first-order valence-corrected chi connectivity index (χ1v) is 10.9.